The molecule has 0 saturated carbocycles. The van der Waals surface area contributed by atoms with Crippen LogP contribution >= 0.6 is 0 Å². The van der Waals surface area contributed by atoms with E-state index in [-0.39, 0.29) is 0 Å². The largest absolute Gasteiger partial charge is 0.478 e. The number of aromatic carboxylic acids is 1. The van der Waals surface area contributed by atoms with Gasteiger partial charge in [-0.05, 0) is 16.0 Å². The molecule has 0 radical (unpaired) electrons. The molecule has 7 nitrogen and oxygen atoms in total. The second-order valence-corrected chi connectivity index (χ2v) is 2.70. The van der Waals surface area contributed by atoms with Gasteiger partial charge in [0.25, 0.3) is 0 Å². The van der Waals surface area contributed by atoms with E-state index >= 15 is 0 Å². The van der Waals surface area contributed by atoms with Crippen molar-refractivity contribution in [3.8, 4) is 0 Å². The van der Waals surface area contributed by atoms with Crippen molar-refractivity contribution in [2.75, 3.05) is 5.73 Å². The molecule has 1 aromatic heterocycles. The van der Waals surface area contributed by atoms with Gasteiger partial charge in [-0.1, -0.05) is 0 Å². The lowest BCUT2D eigenvalue weighted by molar-refractivity contribution is -0.388. The smallest absolute Gasteiger partial charge is 0.387 e. The van der Waals surface area contributed by atoms with Crippen molar-refractivity contribution < 1.29 is 23.6 Å². The third kappa shape index (κ3) is 2.02. The molecule has 0 atom stereocenters. The number of aromatic nitrogens is 1. The zero-order valence-corrected chi connectivity index (χ0v) is 7.55. The van der Waals surface area contributed by atoms with E-state index in [1.54, 1.807) is 0 Å². The Kier molecular flexibility index (Phi) is 2.97. The van der Waals surface area contributed by atoms with Gasteiger partial charge in [-0.3, -0.25) is 0 Å². The number of pyridine rings is 1. The highest BCUT2D eigenvalue weighted by Crippen LogP contribution is 2.28. The first kappa shape index (κ1) is 11.8. The number of hydrogen-bond acceptors (Lipinski definition) is 5. The Morgan fingerprint density at radius 1 is 1.62 bits per heavy atom. The molecule has 16 heavy (non-hydrogen) atoms. The van der Waals surface area contributed by atoms with Crippen molar-refractivity contribution >= 4 is 17.5 Å². The van der Waals surface area contributed by atoms with E-state index in [9.17, 15) is 23.7 Å². The first-order chi connectivity index (χ1) is 7.34. The van der Waals surface area contributed by atoms with Gasteiger partial charge in [-0.25, -0.2) is 13.6 Å². The third-order valence-electron chi connectivity index (χ3n) is 1.67. The second-order valence-electron chi connectivity index (χ2n) is 2.70. The van der Waals surface area contributed by atoms with Gasteiger partial charge in [-0.2, -0.15) is 0 Å². The topological polar surface area (TPSA) is 119 Å². The maximum atomic E-state index is 12.4. The number of nitrogens with zero attached hydrogens (tertiary/aromatic N) is 2. The van der Waals surface area contributed by atoms with Crippen LogP contribution in [0.15, 0.2) is 6.07 Å². The normalized spacial score (nSPS) is 10.4. The summed E-state index contributed by atoms with van der Waals surface area (Å²) in [6.07, 6.45) is -3.23. The van der Waals surface area contributed by atoms with Gasteiger partial charge >= 0.3 is 18.2 Å². The van der Waals surface area contributed by atoms with Crippen molar-refractivity contribution in [1.82, 2.24) is 4.98 Å². The van der Waals surface area contributed by atoms with E-state index in [4.69, 9.17) is 10.8 Å². The number of carbonyl (C=O) groups is 1. The number of nitrogens with two attached hydrogens (primary N) is 1. The molecule has 0 saturated heterocycles. The summed E-state index contributed by atoms with van der Waals surface area (Å²) in [4.78, 5) is 22.8. The number of halogens is 2. The molecule has 86 valence electrons. The molecular weight excluding hydrogens is 228 g/mol. The number of nitro groups is 1. The van der Waals surface area contributed by atoms with E-state index < -0.39 is 40.1 Å². The van der Waals surface area contributed by atoms with Crippen LogP contribution in [0.2, 0.25) is 0 Å². The molecule has 1 aromatic rings. The number of alkyl halides is 2. The molecule has 0 aliphatic carbocycles. The number of hydrogen-bond donors (Lipinski definition) is 2. The highest BCUT2D eigenvalue weighted by atomic mass is 19.3. The minimum atomic E-state index is -3.23. The van der Waals surface area contributed by atoms with Gasteiger partial charge < -0.3 is 21.0 Å². The lowest BCUT2D eigenvalue weighted by Gasteiger charge is -2.02. The van der Waals surface area contributed by atoms with Crippen LogP contribution < -0.4 is 5.73 Å². The van der Waals surface area contributed by atoms with Crippen molar-refractivity contribution in [3.63, 3.8) is 0 Å². The fourth-order valence-electron chi connectivity index (χ4n) is 1.02. The summed E-state index contributed by atoms with van der Waals surface area (Å²) in [6, 6.07) is 0.592. The van der Waals surface area contributed by atoms with Crippen LogP contribution in [0.1, 0.15) is 22.5 Å². The van der Waals surface area contributed by atoms with Gasteiger partial charge in [0.1, 0.15) is 11.3 Å². The van der Waals surface area contributed by atoms with E-state index in [2.05, 4.69) is 4.98 Å². The Bertz CT molecular complexity index is 463. The van der Waals surface area contributed by atoms with Crippen LogP contribution in [-0.2, 0) is 0 Å². The number of carboxylic acids is 1. The minimum Gasteiger partial charge on any atom is -0.478 e. The molecule has 0 spiro atoms. The first-order valence-electron chi connectivity index (χ1n) is 3.80. The lowest BCUT2D eigenvalue weighted by Crippen LogP contribution is -2.10. The van der Waals surface area contributed by atoms with Gasteiger partial charge in [0.2, 0.25) is 5.69 Å². The van der Waals surface area contributed by atoms with Crippen LogP contribution in [0.4, 0.5) is 20.3 Å². The molecule has 0 aromatic carbocycles. The summed E-state index contributed by atoms with van der Waals surface area (Å²) in [5.41, 5.74) is 2.52. The molecule has 0 aliphatic heterocycles. The quantitative estimate of drug-likeness (QED) is 0.598. The molecule has 0 fully saturated rings. The number of rotatable bonds is 3. The first-order valence-corrected chi connectivity index (χ1v) is 3.80. The number of nitrogen functional groups attached to an aromatic ring is 1. The molecule has 0 unspecified atom stereocenters. The Morgan fingerprint density at radius 2 is 2.19 bits per heavy atom. The van der Waals surface area contributed by atoms with Crippen LogP contribution in [0.3, 0.4) is 0 Å². The summed E-state index contributed by atoms with van der Waals surface area (Å²) in [5.74, 6) is -2.66. The standard InChI is InChI=1S/C7H5F2N3O4/c8-5(9)4-2(7(13)14)1-3(10)6(11-4)12(15)16/h1,5H,10H2,(H,13,14). The van der Waals surface area contributed by atoms with Crippen molar-refractivity contribution in [3.05, 3.63) is 27.4 Å². The Labute approximate surface area is 86.7 Å². The minimum absolute atomic E-state index is 0.577. The Hall–Kier alpha value is -2.32. The van der Waals surface area contributed by atoms with Crippen molar-refractivity contribution in [1.29, 1.82) is 0 Å². The van der Waals surface area contributed by atoms with Crippen molar-refractivity contribution in [2.45, 2.75) is 6.43 Å². The molecule has 1 rings (SSSR count). The summed E-state index contributed by atoms with van der Waals surface area (Å²) >= 11 is 0. The van der Waals surface area contributed by atoms with E-state index in [1.165, 1.54) is 0 Å². The predicted molar refractivity (Wildman–Crippen MR) is 47.2 cm³/mol. The molecule has 0 bridgehead atoms. The third-order valence-corrected chi connectivity index (χ3v) is 1.67. The van der Waals surface area contributed by atoms with Gasteiger partial charge in [0, 0.05) is 0 Å². The van der Waals surface area contributed by atoms with Gasteiger partial charge in [0.15, 0.2) is 0 Å². The maximum absolute atomic E-state index is 12.4. The predicted octanol–water partition coefficient (Wildman–Crippen LogP) is 1.21. The van der Waals surface area contributed by atoms with Crippen LogP contribution in [-0.4, -0.2) is 21.0 Å². The lowest BCUT2D eigenvalue weighted by atomic mass is 10.2. The average molecular weight is 233 g/mol. The van der Waals surface area contributed by atoms with E-state index in [0.717, 1.165) is 0 Å². The fraction of sp³-hybridized carbons (Fsp3) is 0.143. The molecule has 0 amide bonds. The highest BCUT2D eigenvalue weighted by molar-refractivity contribution is 5.90. The van der Waals surface area contributed by atoms with E-state index in [0.29, 0.717) is 6.07 Å². The summed E-state index contributed by atoms with van der Waals surface area (Å²) in [7, 11) is 0. The Morgan fingerprint density at radius 3 is 2.56 bits per heavy atom. The monoisotopic (exact) mass is 233 g/mol. The maximum Gasteiger partial charge on any atom is 0.387 e. The van der Waals surface area contributed by atoms with Crippen LogP contribution in [0.25, 0.3) is 0 Å². The molecule has 3 N–H and O–H groups in total. The molecule has 0 aliphatic rings. The summed E-state index contributed by atoms with van der Waals surface area (Å²) < 4.78 is 24.7. The zero-order valence-electron chi connectivity index (χ0n) is 7.55. The number of anilines is 1. The van der Waals surface area contributed by atoms with Gasteiger partial charge in [0.05, 0.1) is 0 Å². The van der Waals surface area contributed by atoms with Crippen LogP contribution in [0.5, 0.6) is 0 Å². The second kappa shape index (κ2) is 4.04. The molecular formula is C7H5F2N3O4. The van der Waals surface area contributed by atoms with Crippen molar-refractivity contribution in [2.24, 2.45) is 0 Å². The summed E-state index contributed by atoms with van der Waals surface area (Å²) in [5, 5.41) is 18.9. The van der Waals surface area contributed by atoms with Crippen LogP contribution in [0, 0.1) is 10.1 Å². The fourth-order valence-corrected chi connectivity index (χ4v) is 1.02. The van der Waals surface area contributed by atoms with Gasteiger partial charge in [-0.15, -0.1) is 0 Å². The molecule has 1 heterocycles. The average Bonchev–Trinajstić information content (AvgIpc) is 2.15. The zero-order chi connectivity index (χ0) is 12.5. The van der Waals surface area contributed by atoms with E-state index in [1.807, 2.05) is 0 Å². The molecule has 9 heteroatoms. The summed E-state index contributed by atoms with van der Waals surface area (Å²) in [6.45, 7) is 0. The number of carboxylic acid groups (broad SMARTS) is 1. The Balaban J connectivity index is 3.49. The highest BCUT2D eigenvalue weighted by Gasteiger charge is 2.29. The SMILES string of the molecule is Nc1cc(C(=O)O)c(C(F)F)nc1[N+](=O)[O-].